The number of nitrogens with zero attached hydrogens (tertiary/aromatic N) is 2. The Bertz CT molecular complexity index is 511. The van der Waals surface area contributed by atoms with Crippen LogP contribution in [-0.4, -0.2) is 27.2 Å². The lowest BCUT2D eigenvalue weighted by Crippen LogP contribution is -2.29. The molecule has 1 heterocycles. The molecule has 0 aliphatic heterocycles. The van der Waals surface area contributed by atoms with Gasteiger partial charge in [-0.25, -0.2) is 4.98 Å². The van der Waals surface area contributed by atoms with E-state index in [1.807, 2.05) is 41.1 Å². The summed E-state index contributed by atoms with van der Waals surface area (Å²) in [5.41, 5.74) is 0.787. The molecule has 1 aromatic heterocycles. The zero-order valence-corrected chi connectivity index (χ0v) is 11.3. The van der Waals surface area contributed by atoms with Gasteiger partial charge in [0.15, 0.2) is 0 Å². The topological polar surface area (TPSA) is 67.2 Å². The van der Waals surface area contributed by atoms with Crippen molar-refractivity contribution in [2.24, 2.45) is 0 Å². The molecule has 0 saturated carbocycles. The summed E-state index contributed by atoms with van der Waals surface area (Å²) in [6, 6.07) is 8.62. The molecule has 1 unspecified atom stereocenters. The highest BCUT2D eigenvalue weighted by Gasteiger charge is 2.17. The largest absolute Gasteiger partial charge is 0.480 e. The van der Waals surface area contributed by atoms with Crippen molar-refractivity contribution in [1.29, 1.82) is 0 Å². The monoisotopic (exact) mass is 273 g/mol. The number of nitrogens with one attached hydrogen (secondary N) is 1. The van der Waals surface area contributed by atoms with Crippen molar-refractivity contribution in [3.05, 3.63) is 54.6 Å². The van der Waals surface area contributed by atoms with Gasteiger partial charge in [-0.05, 0) is 24.9 Å². The lowest BCUT2D eigenvalue weighted by atomic mass is 10.1. The molecule has 0 saturated heterocycles. The van der Waals surface area contributed by atoms with Crippen LogP contribution in [0, 0.1) is 0 Å². The molecule has 0 radical (unpaired) electrons. The van der Waals surface area contributed by atoms with E-state index in [1.54, 1.807) is 12.5 Å². The van der Waals surface area contributed by atoms with Crippen LogP contribution >= 0.6 is 0 Å². The minimum atomic E-state index is -0.842. The molecule has 2 aromatic rings. The molecule has 0 amide bonds. The van der Waals surface area contributed by atoms with Gasteiger partial charge in [-0.1, -0.05) is 30.3 Å². The van der Waals surface area contributed by atoms with E-state index in [-0.39, 0.29) is 0 Å². The van der Waals surface area contributed by atoms with Gasteiger partial charge in [0.2, 0.25) is 0 Å². The highest BCUT2D eigenvalue weighted by atomic mass is 16.4. The van der Waals surface area contributed by atoms with Gasteiger partial charge in [-0.15, -0.1) is 0 Å². The number of rotatable bonds is 8. The van der Waals surface area contributed by atoms with Gasteiger partial charge in [0.05, 0.1) is 6.33 Å². The highest BCUT2D eigenvalue weighted by molar-refractivity contribution is 5.75. The second-order valence-electron chi connectivity index (χ2n) is 4.64. The van der Waals surface area contributed by atoms with Gasteiger partial charge in [-0.3, -0.25) is 4.79 Å². The van der Waals surface area contributed by atoms with Crippen molar-refractivity contribution in [1.82, 2.24) is 14.9 Å². The van der Waals surface area contributed by atoms with E-state index in [1.165, 1.54) is 0 Å². The molecular formula is C15H19N3O2. The van der Waals surface area contributed by atoms with Crippen molar-refractivity contribution < 1.29 is 9.90 Å². The zero-order chi connectivity index (χ0) is 14.2. The fraction of sp³-hybridized carbons (Fsp3) is 0.333. The summed E-state index contributed by atoms with van der Waals surface area (Å²) in [7, 11) is 0. The maximum atomic E-state index is 11.3. The van der Waals surface area contributed by atoms with E-state index < -0.39 is 12.0 Å². The van der Waals surface area contributed by atoms with Gasteiger partial charge < -0.3 is 15.0 Å². The molecule has 0 spiro atoms. The SMILES string of the molecule is O=C(O)C(NCCCCn1ccnc1)c1ccccc1. The zero-order valence-electron chi connectivity index (χ0n) is 11.3. The molecule has 106 valence electrons. The quantitative estimate of drug-likeness (QED) is 0.723. The number of aromatic nitrogens is 2. The number of aryl methyl sites for hydroxylation is 1. The van der Waals surface area contributed by atoms with E-state index in [0.717, 1.165) is 24.9 Å². The van der Waals surface area contributed by atoms with Gasteiger partial charge in [-0.2, -0.15) is 0 Å². The Morgan fingerprint density at radius 2 is 2.10 bits per heavy atom. The first-order valence-electron chi connectivity index (χ1n) is 6.74. The maximum Gasteiger partial charge on any atom is 0.325 e. The maximum absolute atomic E-state index is 11.3. The summed E-state index contributed by atoms with van der Waals surface area (Å²) in [6.07, 6.45) is 7.39. The fourth-order valence-corrected chi connectivity index (χ4v) is 2.08. The van der Waals surface area contributed by atoms with Crippen LogP contribution in [0.5, 0.6) is 0 Å². The van der Waals surface area contributed by atoms with Crippen LogP contribution in [-0.2, 0) is 11.3 Å². The summed E-state index contributed by atoms with van der Waals surface area (Å²) in [4.78, 5) is 15.3. The van der Waals surface area contributed by atoms with E-state index in [0.29, 0.717) is 6.54 Å². The number of aliphatic carboxylic acids is 1. The Morgan fingerprint density at radius 3 is 2.75 bits per heavy atom. The molecule has 0 bridgehead atoms. The predicted molar refractivity (Wildman–Crippen MR) is 76.3 cm³/mol. The van der Waals surface area contributed by atoms with Crippen molar-refractivity contribution >= 4 is 5.97 Å². The van der Waals surface area contributed by atoms with E-state index in [2.05, 4.69) is 10.3 Å². The first-order chi connectivity index (χ1) is 9.77. The second kappa shape index (κ2) is 7.45. The smallest absolute Gasteiger partial charge is 0.325 e. The summed E-state index contributed by atoms with van der Waals surface area (Å²) < 4.78 is 2.02. The fourth-order valence-electron chi connectivity index (χ4n) is 2.08. The molecule has 2 N–H and O–H groups in total. The van der Waals surface area contributed by atoms with Crippen LogP contribution in [0.2, 0.25) is 0 Å². The lowest BCUT2D eigenvalue weighted by molar-refractivity contribution is -0.139. The number of benzene rings is 1. The third-order valence-electron chi connectivity index (χ3n) is 3.13. The summed E-state index contributed by atoms with van der Waals surface area (Å²) >= 11 is 0. The third-order valence-corrected chi connectivity index (χ3v) is 3.13. The molecule has 5 heteroatoms. The molecule has 0 fully saturated rings. The number of carboxylic acids is 1. The molecule has 0 aliphatic rings. The Kier molecular flexibility index (Phi) is 5.32. The standard InChI is InChI=1S/C15H19N3O2/c19-15(20)14(13-6-2-1-3-7-13)17-8-4-5-10-18-11-9-16-12-18/h1-3,6-7,9,11-12,14,17H,4-5,8,10H2,(H,19,20). The van der Waals surface area contributed by atoms with Crippen LogP contribution < -0.4 is 5.32 Å². The van der Waals surface area contributed by atoms with Crippen molar-refractivity contribution in [2.75, 3.05) is 6.54 Å². The molecule has 2 rings (SSSR count). The predicted octanol–water partition coefficient (Wildman–Crippen LogP) is 2.08. The van der Waals surface area contributed by atoms with E-state index in [4.69, 9.17) is 0 Å². The number of unbranched alkanes of at least 4 members (excludes halogenated alkanes) is 1. The number of hydrogen-bond acceptors (Lipinski definition) is 3. The van der Waals surface area contributed by atoms with E-state index >= 15 is 0 Å². The Hall–Kier alpha value is -2.14. The van der Waals surface area contributed by atoms with Crippen LogP contribution in [0.1, 0.15) is 24.4 Å². The average Bonchev–Trinajstić information content (AvgIpc) is 2.96. The minimum absolute atomic E-state index is 0.635. The Morgan fingerprint density at radius 1 is 1.30 bits per heavy atom. The minimum Gasteiger partial charge on any atom is -0.480 e. The van der Waals surface area contributed by atoms with Crippen molar-refractivity contribution in [3.8, 4) is 0 Å². The van der Waals surface area contributed by atoms with Crippen LogP contribution in [0.3, 0.4) is 0 Å². The molecular weight excluding hydrogens is 254 g/mol. The molecule has 5 nitrogen and oxygen atoms in total. The number of carbonyl (C=O) groups is 1. The van der Waals surface area contributed by atoms with E-state index in [9.17, 15) is 9.90 Å². The Balaban J connectivity index is 1.74. The van der Waals surface area contributed by atoms with Gasteiger partial charge in [0, 0.05) is 18.9 Å². The van der Waals surface area contributed by atoms with Crippen LogP contribution in [0.4, 0.5) is 0 Å². The first kappa shape index (κ1) is 14.3. The van der Waals surface area contributed by atoms with Crippen molar-refractivity contribution in [3.63, 3.8) is 0 Å². The van der Waals surface area contributed by atoms with Crippen molar-refractivity contribution in [2.45, 2.75) is 25.4 Å². The average molecular weight is 273 g/mol. The Labute approximate surface area is 118 Å². The molecule has 1 atom stereocenters. The lowest BCUT2D eigenvalue weighted by Gasteiger charge is -2.14. The van der Waals surface area contributed by atoms with Gasteiger partial charge in [0.25, 0.3) is 0 Å². The second-order valence-corrected chi connectivity index (χ2v) is 4.64. The highest BCUT2D eigenvalue weighted by Crippen LogP contribution is 2.12. The molecule has 1 aromatic carbocycles. The molecule has 20 heavy (non-hydrogen) atoms. The number of imidazole rings is 1. The van der Waals surface area contributed by atoms with Gasteiger partial charge in [0.1, 0.15) is 6.04 Å². The summed E-state index contributed by atoms with van der Waals surface area (Å²) in [5.74, 6) is -0.842. The third kappa shape index (κ3) is 4.20. The van der Waals surface area contributed by atoms with Crippen LogP contribution in [0.15, 0.2) is 49.1 Å². The number of carboxylic acid groups (broad SMARTS) is 1. The van der Waals surface area contributed by atoms with Gasteiger partial charge >= 0.3 is 5.97 Å². The molecule has 0 aliphatic carbocycles. The summed E-state index contributed by atoms with van der Waals surface area (Å²) in [5, 5.41) is 12.3. The number of hydrogen-bond donors (Lipinski definition) is 2. The summed E-state index contributed by atoms with van der Waals surface area (Å²) in [6.45, 7) is 1.59. The normalized spacial score (nSPS) is 12.2. The van der Waals surface area contributed by atoms with Crippen LogP contribution in [0.25, 0.3) is 0 Å². The first-order valence-corrected chi connectivity index (χ1v) is 6.74.